The van der Waals surface area contributed by atoms with Crippen LogP contribution in [0, 0.1) is 0 Å². The molecule has 0 atom stereocenters. The van der Waals surface area contributed by atoms with Crippen LogP contribution in [0.5, 0.6) is 11.5 Å². The largest absolute Gasteiger partial charge is 0.493 e. The molecule has 1 rings (SSSR count). The van der Waals surface area contributed by atoms with Gasteiger partial charge in [0.05, 0.1) is 21.4 Å². The van der Waals surface area contributed by atoms with Gasteiger partial charge < -0.3 is 9.47 Å². The molecule has 16 heavy (non-hydrogen) atoms. The van der Waals surface area contributed by atoms with E-state index in [1.165, 1.54) is 0 Å². The van der Waals surface area contributed by atoms with Crippen molar-refractivity contribution >= 4 is 14.4 Å². The van der Waals surface area contributed by atoms with E-state index in [-0.39, 0.29) is 0 Å². The molecule has 88 valence electrons. The van der Waals surface area contributed by atoms with Crippen LogP contribution in [0.2, 0.25) is 19.6 Å². The monoisotopic (exact) mass is 238 g/mol. The van der Waals surface area contributed by atoms with E-state index in [0.717, 1.165) is 12.5 Å². The Morgan fingerprint density at radius 2 is 1.94 bits per heavy atom. The number of benzene rings is 1. The van der Waals surface area contributed by atoms with Crippen molar-refractivity contribution < 1.29 is 14.3 Å². The summed E-state index contributed by atoms with van der Waals surface area (Å²) in [5.74, 6) is 1.32. The van der Waals surface area contributed by atoms with Crippen molar-refractivity contribution in [3.8, 4) is 11.5 Å². The van der Waals surface area contributed by atoms with Crippen LogP contribution < -0.4 is 9.47 Å². The summed E-state index contributed by atoms with van der Waals surface area (Å²) in [5, 5.41) is 0. The van der Waals surface area contributed by atoms with Crippen molar-refractivity contribution in [2.45, 2.75) is 19.6 Å². The van der Waals surface area contributed by atoms with E-state index in [9.17, 15) is 4.79 Å². The Hall–Kier alpha value is -1.29. The van der Waals surface area contributed by atoms with Gasteiger partial charge in [0, 0.05) is 5.56 Å². The second-order valence-corrected chi connectivity index (χ2v) is 10.3. The van der Waals surface area contributed by atoms with Gasteiger partial charge in [-0.2, -0.15) is 0 Å². The van der Waals surface area contributed by atoms with Crippen molar-refractivity contribution in [2.24, 2.45) is 0 Å². The smallest absolute Gasteiger partial charge is 0.161 e. The maximum atomic E-state index is 10.6. The Morgan fingerprint density at radius 1 is 1.25 bits per heavy atom. The lowest BCUT2D eigenvalue weighted by Gasteiger charge is -2.18. The lowest BCUT2D eigenvalue weighted by Crippen LogP contribution is -2.30. The van der Waals surface area contributed by atoms with Gasteiger partial charge in [0.25, 0.3) is 0 Å². The van der Waals surface area contributed by atoms with Gasteiger partial charge in [-0.1, -0.05) is 19.6 Å². The van der Waals surface area contributed by atoms with Crippen LogP contribution in [-0.4, -0.2) is 27.7 Å². The van der Waals surface area contributed by atoms with Crippen LogP contribution in [-0.2, 0) is 0 Å². The molecule has 1 aromatic carbocycles. The zero-order valence-corrected chi connectivity index (χ0v) is 11.2. The number of methoxy groups -OCH3 is 1. The van der Waals surface area contributed by atoms with Gasteiger partial charge in [0.15, 0.2) is 11.5 Å². The highest BCUT2D eigenvalue weighted by Gasteiger charge is 2.15. The quantitative estimate of drug-likeness (QED) is 0.584. The summed E-state index contributed by atoms with van der Waals surface area (Å²) >= 11 is 0. The normalized spacial score (nSPS) is 11.0. The predicted octanol–water partition coefficient (Wildman–Crippen LogP) is 2.76. The molecule has 0 bridgehead atoms. The lowest BCUT2D eigenvalue weighted by atomic mass is 10.2. The van der Waals surface area contributed by atoms with Crippen LogP contribution in [0.1, 0.15) is 10.4 Å². The second kappa shape index (κ2) is 5.16. The standard InChI is InChI=1S/C12H18O3Si/c1-14-12-7-10(8-13)5-6-11(12)15-9-16(2,3)4/h5-8H,9H2,1-4H3. The highest BCUT2D eigenvalue weighted by molar-refractivity contribution is 6.76. The van der Waals surface area contributed by atoms with E-state index in [1.54, 1.807) is 25.3 Å². The molecular weight excluding hydrogens is 220 g/mol. The lowest BCUT2D eigenvalue weighted by molar-refractivity contribution is 0.112. The zero-order valence-electron chi connectivity index (χ0n) is 10.2. The molecule has 0 aromatic heterocycles. The minimum atomic E-state index is -1.24. The molecule has 0 N–H and O–H groups in total. The average Bonchev–Trinajstić information content (AvgIpc) is 2.25. The molecule has 3 nitrogen and oxygen atoms in total. The molecule has 0 heterocycles. The molecule has 1 aromatic rings. The summed E-state index contributed by atoms with van der Waals surface area (Å²) < 4.78 is 10.9. The van der Waals surface area contributed by atoms with Crippen molar-refractivity contribution in [3.63, 3.8) is 0 Å². The molecular formula is C12H18O3Si. The van der Waals surface area contributed by atoms with Crippen molar-refractivity contribution in [1.29, 1.82) is 0 Å². The fourth-order valence-electron chi connectivity index (χ4n) is 1.17. The number of ether oxygens (including phenoxy) is 2. The fraction of sp³-hybridized carbons (Fsp3) is 0.417. The number of rotatable bonds is 5. The average molecular weight is 238 g/mol. The van der Waals surface area contributed by atoms with E-state index in [1.807, 2.05) is 0 Å². The molecule has 4 heteroatoms. The van der Waals surface area contributed by atoms with Gasteiger partial charge in [-0.15, -0.1) is 0 Å². The van der Waals surface area contributed by atoms with Gasteiger partial charge in [-0.3, -0.25) is 4.79 Å². The van der Waals surface area contributed by atoms with E-state index in [0.29, 0.717) is 17.1 Å². The van der Waals surface area contributed by atoms with Crippen LogP contribution in [0.4, 0.5) is 0 Å². The Kier molecular flexibility index (Phi) is 4.12. The van der Waals surface area contributed by atoms with Crippen LogP contribution in [0.15, 0.2) is 18.2 Å². The topological polar surface area (TPSA) is 35.5 Å². The Morgan fingerprint density at radius 3 is 2.44 bits per heavy atom. The summed E-state index contributed by atoms with van der Waals surface area (Å²) in [6.07, 6.45) is 1.54. The summed E-state index contributed by atoms with van der Waals surface area (Å²) in [6, 6.07) is 5.20. The molecule has 0 saturated heterocycles. The third-order valence-electron chi connectivity index (χ3n) is 1.98. The summed E-state index contributed by atoms with van der Waals surface area (Å²) in [5.41, 5.74) is 0.595. The van der Waals surface area contributed by atoms with Gasteiger partial charge >= 0.3 is 0 Å². The first-order chi connectivity index (χ1) is 7.46. The molecule has 0 radical (unpaired) electrons. The Labute approximate surface area is 97.4 Å². The molecule has 0 aliphatic rings. The number of carbonyl (C=O) groups excluding carboxylic acids is 1. The third kappa shape index (κ3) is 3.70. The zero-order chi connectivity index (χ0) is 12.2. The predicted molar refractivity (Wildman–Crippen MR) is 67.2 cm³/mol. The first kappa shape index (κ1) is 12.8. The van der Waals surface area contributed by atoms with Crippen LogP contribution in [0.3, 0.4) is 0 Å². The highest BCUT2D eigenvalue weighted by Crippen LogP contribution is 2.28. The highest BCUT2D eigenvalue weighted by atomic mass is 28.3. The molecule has 0 aliphatic carbocycles. The summed E-state index contributed by atoms with van der Waals surface area (Å²) in [4.78, 5) is 10.6. The van der Waals surface area contributed by atoms with Crippen molar-refractivity contribution in [1.82, 2.24) is 0 Å². The molecule has 0 amide bonds. The van der Waals surface area contributed by atoms with E-state index >= 15 is 0 Å². The first-order valence-electron chi connectivity index (χ1n) is 5.22. The molecule has 0 saturated carbocycles. The fourth-order valence-corrected chi connectivity index (χ4v) is 1.76. The molecule has 0 fully saturated rings. The number of carbonyl (C=O) groups is 1. The molecule has 0 spiro atoms. The van der Waals surface area contributed by atoms with E-state index in [2.05, 4.69) is 19.6 Å². The Balaban J connectivity index is 2.83. The number of hydrogen-bond acceptors (Lipinski definition) is 3. The Bertz CT molecular complexity index is 369. The number of aldehydes is 1. The van der Waals surface area contributed by atoms with Crippen LogP contribution in [0.25, 0.3) is 0 Å². The summed E-state index contributed by atoms with van der Waals surface area (Å²) in [7, 11) is 0.330. The SMILES string of the molecule is COc1cc(C=O)ccc1OC[Si](C)(C)C. The van der Waals surface area contributed by atoms with E-state index < -0.39 is 8.07 Å². The van der Waals surface area contributed by atoms with Crippen LogP contribution >= 0.6 is 0 Å². The second-order valence-electron chi connectivity index (χ2n) is 4.88. The van der Waals surface area contributed by atoms with Crippen molar-refractivity contribution in [3.05, 3.63) is 23.8 Å². The molecule has 0 unspecified atom stereocenters. The van der Waals surface area contributed by atoms with Gasteiger partial charge in [-0.05, 0) is 18.2 Å². The molecule has 0 aliphatic heterocycles. The van der Waals surface area contributed by atoms with E-state index in [4.69, 9.17) is 9.47 Å². The third-order valence-corrected chi connectivity index (χ3v) is 2.99. The maximum Gasteiger partial charge on any atom is 0.161 e. The summed E-state index contributed by atoms with van der Waals surface area (Å²) in [6.45, 7) is 6.71. The maximum absolute atomic E-state index is 10.6. The first-order valence-corrected chi connectivity index (χ1v) is 8.93. The van der Waals surface area contributed by atoms with Gasteiger partial charge in [0.2, 0.25) is 0 Å². The van der Waals surface area contributed by atoms with Gasteiger partial charge in [0.1, 0.15) is 6.29 Å². The van der Waals surface area contributed by atoms with Gasteiger partial charge in [-0.25, -0.2) is 0 Å². The minimum Gasteiger partial charge on any atom is -0.493 e. The minimum absolute atomic E-state index is 0.595. The number of hydrogen-bond donors (Lipinski definition) is 0. The van der Waals surface area contributed by atoms with Crippen molar-refractivity contribution in [2.75, 3.05) is 13.3 Å².